The van der Waals surface area contributed by atoms with E-state index in [1.54, 1.807) is 0 Å². The van der Waals surface area contributed by atoms with E-state index in [0.717, 1.165) is 37.6 Å². The third kappa shape index (κ3) is 3.49. The summed E-state index contributed by atoms with van der Waals surface area (Å²) in [5.74, 6) is 1.38. The molecule has 2 aromatic rings. The van der Waals surface area contributed by atoms with Gasteiger partial charge >= 0.3 is 0 Å². The van der Waals surface area contributed by atoms with Crippen LogP contribution in [0.5, 0.6) is 0 Å². The first-order valence-corrected chi connectivity index (χ1v) is 7.72. The number of benzene rings is 1. The van der Waals surface area contributed by atoms with Crippen LogP contribution in [0.25, 0.3) is 0 Å². The molecule has 1 aliphatic heterocycles. The van der Waals surface area contributed by atoms with E-state index in [9.17, 15) is 0 Å². The normalized spacial score (nSPS) is 17.7. The van der Waals surface area contributed by atoms with E-state index in [0.29, 0.717) is 11.9 Å². The molecule has 5 heteroatoms. The topological polar surface area (TPSA) is 66.2 Å². The van der Waals surface area contributed by atoms with E-state index < -0.39 is 0 Å². The fourth-order valence-electron chi connectivity index (χ4n) is 2.83. The molecule has 5 nitrogen and oxygen atoms in total. The van der Waals surface area contributed by atoms with E-state index in [1.807, 2.05) is 31.3 Å². The number of aromatic nitrogens is 1. The quantitative estimate of drug-likeness (QED) is 0.788. The molecule has 1 aromatic heterocycles. The molecule has 22 heavy (non-hydrogen) atoms. The highest BCUT2D eigenvalue weighted by Crippen LogP contribution is 2.25. The summed E-state index contributed by atoms with van der Waals surface area (Å²) in [4.78, 5) is 6.74. The van der Waals surface area contributed by atoms with E-state index in [4.69, 9.17) is 5.73 Å². The van der Waals surface area contributed by atoms with Gasteiger partial charge in [-0.1, -0.05) is 30.3 Å². The van der Waals surface area contributed by atoms with Gasteiger partial charge in [-0.25, -0.2) is 4.98 Å². The van der Waals surface area contributed by atoms with Crippen LogP contribution in [0, 0.1) is 0 Å². The molecular weight excluding hydrogens is 274 g/mol. The summed E-state index contributed by atoms with van der Waals surface area (Å²) in [6, 6.07) is 14.9. The SMILES string of the molecule is CN[C@@H]1CCN(c2cc(N)nc(NCc3ccccc3)c2)C1. The number of nitrogens with two attached hydrogens (primary N) is 1. The predicted molar refractivity (Wildman–Crippen MR) is 92.1 cm³/mol. The van der Waals surface area contributed by atoms with Crippen LogP contribution in [0.2, 0.25) is 0 Å². The average molecular weight is 297 g/mol. The van der Waals surface area contributed by atoms with Gasteiger partial charge < -0.3 is 21.3 Å². The molecule has 0 radical (unpaired) electrons. The summed E-state index contributed by atoms with van der Waals surface area (Å²) in [6.07, 6.45) is 1.16. The van der Waals surface area contributed by atoms with Crippen molar-refractivity contribution in [2.45, 2.75) is 19.0 Å². The van der Waals surface area contributed by atoms with Crippen LogP contribution < -0.4 is 21.3 Å². The molecule has 1 fully saturated rings. The standard InChI is InChI=1S/C17H23N5/c1-19-14-7-8-22(12-14)15-9-16(18)21-17(10-15)20-11-13-5-3-2-4-6-13/h2-6,9-10,14,19H,7-8,11-12H2,1H3,(H3,18,20,21)/t14-/m1/s1. The summed E-state index contributed by atoms with van der Waals surface area (Å²) in [7, 11) is 2.02. The van der Waals surface area contributed by atoms with Crippen LogP contribution in [-0.2, 0) is 6.54 Å². The summed E-state index contributed by atoms with van der Waals surface area (Å²) in [5.41, 5.74) is 8.34. The molecule has 1 aromatic carbocycles. The van der Waals surface area contributed by atoms with Gasteiger partial charge in [-0.2, -0.15) is 0 Å². The van der Waals surface area contributed by atoms with Gasteiger partial charge in [-0.05, 0) is 19.0 Å². The van der Waals surface area contributed by atoms with Crippen molar-refractivity contribution >= 4 is 17.3 Å². The van der Waals surface area contributed by atoms with Gasteiger partial charge in [0.1, 0.15) is 11.6 Å². The Kier molecular flexibility index (Phi) is 4.44. The molecule has 0 saturated carbocycles. The smallest absolute Gasteiger partial charge is 0.130 e. The fourth-order valence-corrected chi connectivity index (χ4v) is 2.83. The molecular formula is C17H23N5. The van der Waals surface area contributed by atoms with Crippen LogP contribution in [0.15, 0.2) is 42.5 Å². The van der Waals surface area contributed by atoms with Crippen molar-refractivity contribution in [2.75, 3.05) is 36.1 Å². The number of nitrogen functional groups attached to an aromatic ring is 1. The van der Waals surface area contributed by atoms with Crippen LogP contribution in [-0.4, -0.2) is 31.2 Å². The van der Waals surface area contributed by atoms with Crippen LogP contribution in [0.1, 0.15) is 12.0 Å². The lowest BCUT2D eigenvalue weighted by Gasteiger charge is -2.20. The molecule has 1 saturated heterocycles. The van der Waals surface area contributed by atoms with E-state index >= 15 is 0 Å². The second-order valence-corrected chi connectivity index (χ2v) is 5.69. The number of hydrogen-bond donors (Lipinski definition) is 3. The Bertz CT molecular complexity index is 614. The lowest BCUT2D eigenvalue weighted by atomic mass is 10.2. The van der Waals surface area contributed by atoms with Gasteiger partial charge in [0, 0.05) is 43.5 Å². The highest BCUT2D eigenvalue weighted by atomic mass is 15.2. The Labute approximate surface area is 131 Å². The average Bonchev–Trinajstić information content (AvgIpc) is 3.03. The first-order chi connectivity index (χ1) is 10.7. The van der Waals surface area contributed by atoms with Gasteiger partial charge in [-0.15, -0.1) is 0 Å². The summed E-state index contributed by atoms with van der Waals surface area (Å²) < 4.78 is 0. The summed E-state index contributed by atoms with van der Waals surface area (Å²) >= 11 is 0. The van der Waals surface area contributed by atoms with E-state index in [1.165, 1.54) is 5.56 Å². The molecule has 0 unspecified atom stereocenters. The van der Waals surface area contributed by atoms with Crippen molar-refractivity contribution in [3.8, 4) is 0 Å². The van der Waals surface area contributed by atoms with Crippen molar-refractivity contribution in [3.63, 3.8) is 0 Å². The first-order valence-electron chi connectivity index (χ1n) is 7.72. The van der Waals surface area contributed by atoms with Gasteiger partial charge in [0.05, 0.1) is 0 Å². The minimum absolute atomic E-state index is 0.551. The number of anilines is 3. The lowest BCUT2D eigenvalue weighted by Crippen LogP contribution is -2.29. The number of pyridine rings is 1. The Hall–Kier alpha value is -2.27. The monoisotopic (exact) mass is 297 g/mol. The number of rotatable bonds is 5. The van der Waals surface area contributed by atoms with E-state index in [-0.39, 0.29) is 0 Å². The molecule has 2 heterocycles. The first kappa shape index (κ1) is 14.7. The predicted octanol–water partition coefficient (Wildman–Crippen LogP) is 2.07. The van der Waals surface area contributed by atoms with Crippen molar-refractivity contribution < 1.29 is 0 Å². The molecule has 0 bridgehead atoms. The molecule has 3 rings (SSSR count). The summed E-state index contributed by atoms with van der Waals surface area (Å²) in [6.45, 7) is 2.81. The third-order valence-electron chi connectivity index (χ3n) is 4.11. The molecule has 4 N–H and O–H groups in total. The molecule has 1 atom stereocenters. The number of nitrogens with zero attached hydrogens (tertiary/aromatic N) is 2. The van der Waals surface area contributed by atoms with Crippen molar-refractivity contribution in [2.24, 2.45) is 0 Å². The molecule has 116 valence electrons. The summed E-state index contributed by atoms with van der Waals surface area (Å²) in [5, 5.41) is 6.69. The minimum atomic E-state index is 0.551. The number of nitrogens with one attached hydrogen (secondary N) is 2. The van der Waals surface area contributed by atoms with Crippen molar-refractivity contribution in [3.05, 3.63) is 48.0 Å². The maximum atomic E-state index is 5.97. The van der Waals surface area contributed by atoms with Crippen LogP contribution in [0.3, 0.4) is 0 Å². The molecule has 0 aliphatic carbocycles. The second kappa shape index (κ2) is 6.66. The van der Waals surface area contributed by atoms with Gasteiger partial charge in [0.25, 0.3) is 0 Å². The zero-order valence-electron chi connectivity index (χ0n) is 12.9. The van der Waals surface area contributed by atoms with Crippen LogP contribution in [0.4, 0.5) is 17.3 Å². The van der Waals surface area contributed by atoms with Crippen molar-refractivity contribution in [1.82, 2.24) is 10.3 Å². The third-order valence-corrected chi connectivity index (χ3v) is 4.11. The minimum Gasteiger partial charge on any atom is -0.384 e. The van der Waals surface area contributed by atoms with Gasteiger partial charge in [0.15, 0.2) is 0 Å². The highest BCUT2D eigenvalue weighted by Gasteiger charge is 2.21. The Morgan fingerprint density at radius 1 is 1.27 bits per heavy atom. The number of hydrogen-bond acceptors (Lipinski definition) is 5. The molecule has 0 spiro atoms. The number of likely N-dealkylation sites (N-methyl/N-ethyl adjacent to an activating group) is 1. The maximum absolute atomic E-state index is 5.97. The Morgan fingerprint density at radius 2 is 2.09 bits per heavy atom. The second-order valence-electron chi connectivity index (χ2n) is 5.69. The maximum Gasteiger partial charge on any atom is 0.130 e. The fraction of sp³-hybridized carbons (Fsp3) is 0.353. The van der Waals surface area contributed by atoms with Gasteiger partial charge in [0.2, 0.25) is 0 Å². The zero-order chi connectivity index (χ0) is 15.4. The molecule has 1 aliphatic rings. The van der Waals surface area contributed by atoms with E-state index in [2.05, 4.69) is 38.7 Å². The van der Waals surface area contributed by atoms with Crippen LogP contribution >= 0.6 is 0 Å². The lowest BCUT2D eigenvalue weighted by molar-refractivity contribution is 0.617. The molecule has 0 amide bonds. The zero-order valence-corrected chi connectivity index (χ0v) is 12.9. The largest absolute Gasteiger partial charge is 0.384 e. The van der Waals surface area contributed by atoms with Crippen molar-refractivity contribution in [1.29, 1.82) is 0 Å². The van der Waals surface area contributed by atoms with Gasteiger partial charge in [-0.3, -0.25) is 0 Å². The highest BCUT2D eigenvalue weighted by molar-refractivity contribution is 5.61. The Morgan fingerprint density at radius 3 is 2.82 bits per heavy atom. The Balaban J connectivity index is 1.70.